The van der Waals surface area contributed by atoms with Crippen LogP contribution in [0.3, 0.4) is 0 Å². The number of thioether (sulfide) groups is 1. The van der Waals surface area contributed by atoms with Crippen LogP contribution >= 0.6 is 11.8 Å². The van der Waals surface area contributed by atoms with E-state index in [0.717, 1.165) is 24.7 Å². The molecule has 0 aromatic rings. The van der Waals surface area contributed by atoms with Crippen molar-refractivity contribution in [2.45, 2.75) is 19.3 Å². The first-order chi connectivity index (χ1) is 4.77. The molecule has 0 heterocycles. The van der Waals surface area contributed by atoms with E-state index in [-0.39, 0.29) is 0 Å². The quantitative estimate of drug-likeness (QED) is 0.562. The van der Waals surface area contributed by atoms with Gasteiger partial charge in [-0.3, -0.25) is 0 Å². The van der Waals surface area contributed by atoms with Gasteiger partial charge in [-0.05, 0) is 31.1 Å². The summed E-state index contributed by atoms with van der Waals surface area (Å²) in [4.78, 5) is 0. The van der Waals surface area contributed by atoms with Crippen molar-refractivity contribution in [3.8, 4) is 0 Å². The van der Waals surface area contributed by atoms with Gasteiger partial charge in [0.05, 0.1) is 0 Å². The SMILES string of the molecule is [CH2]SCCCCC=C(F)F. The van der Waals surface area contributed by atoms with Crippen molar-refractivity contribution in [1.82, 2.24) is 0 Å². The first-order valence-electron chi connectivity index (χ1n) is 3.15. The van der Waals surface area contributed by atoms with Crippen LogP contribution in [0.2, 0.25) is 0 Å². The highest BCUT2D eigenvalue weighted by molar-refractivity contribution is 8.00. The molecule has 0 aliphatic rings. The van der Waals surface area contributed by atoms with E-state index in [2.05, 4.69) is 6.26 Å². The van der Waals surface area contributed by atoms with Crippen molar-refractivity contribution in [2.24, 2.45) is 0 Å². The second-order valence-electron chi connectivity index (χ2n) is 1.90. The van der Waals surface area contributed by atoms with Crippen LogP contribution in [-0.4, -0.2) is 5.75 Å². The minimum atomic E-state index is -1.57. The first kappa shape index (κ1) is 9.95. The molecule has 0 aromatic carbocycles. The fourth-order valence-corrected chi connectivity index (χ4v) is 0.968. The summed E-state index contributed by atoms with van der Waals surface area (Å²) >= 11 is 1.50. The molecule has 0 nitrogen and oxygen atoms in total. The maximum atomic E-state index is 11.4. The Morgan fingerprint density at radius 2 is 2.10 bits per heavy atom. The number of rotatable bonds is 5. The lowest BCUT2D eigenvalue weighted by molar-refractivity contribution is 0.417. The van der Waals surface area contributed by atoms with Gasteiger partial charge in [-0.25, -0.2) is 0 Å². The second kappa shape index (κ2) is 7.06. The smallest absolute Gasteiger partial charge is 0.174 e. The van der Waals surface area contributed by atoms with Crippen LogP contribution in [0.4, 0.5) is 8.78 Å². The van der Waals surface area contributed by atoms with Gasteiger partial charge in [0, 0.05) is 6.26 Å². The van der Waals surface area contributed by atoms with E-state index < -0.39 is 6.08 Å². The molecule has 10 heavy (non-hydrogen) atoms. The summed E-state index contributed by atoms with van der Waals surface area (Å²) in [6.07, 6.45) is 5.26. The Morgan fingerprint density at radius 1 is 1.40 bits per heavy atom. The van der Waals surface area contributed by atoms with E-state index >= 15 is 0 Å². The van der Waals surface area contributed by atoms with Crippen LogP contribution in [0.25, 0.3) is 0 Å². The summed E-state index contributed by atoms with van der Waals surface area (Å²) in [5.74, 6) is 0.960. The van der Waals surface area contributed by atoms with Crippen LogP contribution in [0, 0.1) is 6.26 Å². The van der Waals surface area contributed by atoms with Crippen LogP contribution in [0.15, 0.2) is 12.2 Å². The summed E-state index contributed by atoms with van der Waals surface area (Å²) in [6.45, 7) is 0. The highest BCUT2D eigenvalue weighted by Gasteiger charge is 1.88. The van der Waals surface area contributed by atoms with E-state index in [4.69, 9.17) is 0 Å². The van der Waals surface area contributed by atoms with E-state index in [0.29, 0.717) is 6.42 Å². The van der Waals surface area contributed by atoms with Crippen LogP contribution in [0.1, 0.15) is 19.3 Å². The summed E-state index contributed by atoms with van der Waals surface area (Å²) in [7, 11) is 0. The number of hydrogen-bond donors (Lipinski definition) is 0. The third kappa shape index (κ3) is 7.95. The highest BCUT2D eigenvalue weighted by Crippen LogP contribution is 2.06. The third-order valence-electron chi connectivity index (χ3n) is 1.04. The predicted molar refractivity (Wildman–Crippen MR) is 42.0 cm³/mol. The molecule has 0 atom stereocenters. The van der Waals surface area contributed by atoms with Gasteiger partial charge in [-0.2, -0.15) is 20.5 Å². The molecule has 0 saturated heterocycles. The molecule has 0 bridgehead atoms. The van der Waals surface area contributed by atoms with Crippen molar-refractivity contribution < 1.29 is 8.78 Å². The Balaban J connectivity index is 2.98. The summed E-state index contributed by atoms with van der Waals surface area (Å²) in [6, 6.07) is 0. The Kier molecular flexibility index (Phi) is 7.03. The zero-order chi connectivity index (χ0) is 7.82. The second-order valence-corrected chi connectivity index (χ2v) is 2.71. The van der Waals surface area contributed by atoms with Gasteiger partial charge in [0.25, 0.3) is 6.08 Å². The molecular formula is C7H11F2S. The maximum absolute atomic E-state index is 11.4. The minimum Gasteiger partial charge on any atom is -0.174 e. The fraction of sp³-hybridized carbons (Fsp3) is 0.571. The van der Waals surface area contributed by atoms with Crippen molar-refractivity contribution in [3.05, 3.63) is 18.4 Å². The van der Waals surface area contributed by atoms with Crippen LogP contribution < -0.4 is 0 Å². The largest absolute Gasteiger partial charge is 0.266 e. The van der Waals surface area contributed by atoms with Gasteiger partial charge in [0.1, 0.15) is 0 Å². The molecule has 59 valence electrons. The lowest BCUT2D eigenvalue weighted by Crippen LogP contribution is -1.76. The summed E-state index contributed by atoms with van der Waals surface area (Å²) in [5.41, 5.74) is 0. The topological polar surface area (TPSA) is 0 Å². The van der Waals surface area contributed by atoms with E-state index in [1.807, 2.05) is 0 Å². The van der Waals surface area contributed by atoms with Crippen molar-refractivity contribution >= 4 is 11.8 Å². The van der Waals surface area contributed by atoms with Crippen molar-refractivity contribution in [2.75, 3.05) is 5.75 Å². The van der Waals surface area contributed by atoms with E-state index in [1.54, 1.807) is 0 Å². The number of halogens is 2. The Morgan fingerprint density at radius 3 is 2.60 bits per heavy atom. The number of hydrogen-bond acceptors (Lipinski definition) is 1. The van der Waals surface area contributed by atoms with E-state index in [1.165, 1.54) is 11.8 Å². The average Bonchev–Trinajstić information content (AvgIpc) is 1.87. The fourth-order valence-electron chi connectivity index (χ4n) is 0.560. The van der Waals surface area contributed by atoms with Crippen molar-refractivity contribution in [3.63, 3.8) is 0 Å². The Bertz CT molecular complexity index is 97.8. The zero-order valence-corrected chi connectivity index (χ0v) is 6.59. The molecule has 0 spiro atoms. The lowest BCUT2D eigenvalue weighted by Gasteiger charge is -1.92. The molecule has 0 saturated carbocycles. The van der Waals surface area contributed by atoms with E-state index in [9.17, 15) is 8.78 Å². The van der Waals surface area contributed by atoms with Gasteiger partial charge >= 0.3 is 0 Å². The molecule has 0 aliphatic heterocycles. The third-order valence-corrected chi connectivity index (χ3v) is 1.62. The summed E-state index contributed by atoms with van der Waals surface area (Å²) < 4.78 is 22.8. The molecule has 0 N–H and O–H groups in total. The molecular weight excluding hydrogens is 154 g/mol. The first-order valence-corrected chi connectivity index (χ1v) is 4.31. The minimum absolute atomic E-state index is 0.489. The van der Waals surface area contributed by atoms with Gasteiger partial charge in [0.15, 0.2) is 0 Å². The van der Waals surface area contributed by atoms with Crippen molar-refractivity contribution in [1.29, 1.82) is 0 Å². The highest BCUT2D eigenvalue weighted by atomic mass is 32.2. The molecule has 0 rings (SSSR count). The standard InChI is InChI=1S/C7H11F2S/c1-10-6-4-2-3-5-7(8)9/h5H,1-4,6H2. The molecule has 0 aliphatic carbocycles. The number of allylic oxidation sites excluding steroid dienone is 1. The monoisotopic (exact) mass is 165 g/mol. The van der Waals surface area contributed by atoms with Crippen LogP contribution in [0.5, 0.6) is 0 Å². The van der Waals surface area contributed by atoms with Crippen LogP contribution in [-0.2, 0) is 0 Å². The Labute approximate surface area is 64.7 Å². The van der Waals surface area contributed by atoms with Gasteiger partial charge in [0.2, 0.25) is 0 Å². The molecule has 3 heteroatoms. The molecule has 1 radical (unpaired) electrons. The summed E-state index contributed by atoms with van der Waals surface area (Å²) in [5, 5.41) is 0. The number of unbranched alkanes of at least 4 members (excludes halogenated alkanes) is 2. The zero-order valence-electron chi connectivity index (χ0n) is 5.78. The van der Waals surface area contributed by atoms with Gasteiger partial charge in [-0.15, -0.1) is 0 Å². The van der Waals surface area contributed by atoms with Gasteiger partial charge < -0.3 is 0 Å². The predicted octanol–water partition coefficient (Wildman–Crippen LogP) is 3.46. The molecule has 0 amide bonds. The average molecular weight is 165 g/mol. The lowest BCUT2D eigenvalue weighted by atomic mass is 10.2. The molecule has 0 aromatic heterocycles. The maximum Gasteiger partial charge on any atom is 0.266 e. The molecule has 0 unspecified atom stereocenters. The normalized spacial score (nSPS) is 9.50. The Hall–Kier alpha value is -0.0500. The molecule has 0 fully saturated rings. The van der Waals surface area contributed by atoms with Gasteiger partial charge in [-0.1, -0.05) is 0 Å².